The van der Waals surface area contributed by atoms with E-state index in [4.69, 9.17) is 16.7 Å². The Morgan fingerprint density at radius 3 is 3.00 bits per heavy atom. The maximum atomic E-state index is 10.4. The van der Waals surface area contributed by atoms with Crippen LogP contribution in [-0.2, 0) is 11.3 Å². The zero-order valence-electron chi connectivity index (χ0n) is 10.5. The van der Waals surface area contributed by atoms with Crippen molar-refractivity contribution < 1.29 is 9.90 Å². The Labute approximate surface area is 112 Å². The first kappa shape index (κ1) is 14.9. The third-order valence-electron chi connectivity index (χ3n) is 2.84. The average Bonchev–Trinajstić information content (AvgIpc) is 2.34. The molecule has 0 fully saturated rings. The van der Waals surface area contributed by atoms with Gasteiger partial charge in [-0.15, -0.1) is 0 Å². The predicted octanol–water partition coefficient (Wildman–Crippen LogP) is 2.72. The van der Waals surface area contributed by atoms with Crippen LogP contribution in [0.1, 0.15) is 31.7 Å². The minimum Gasteiger partial charge on any atom is -0.481 e. The highest BCUT2D eigenvalue weighted by atomic mass is 35.5. The lowest BCUT2D eigenvalue weighted by molar-refractivity contribution is -0.137. The van der Waals surface area contributed by atoms with E-state index in [9.17, 15) is 4.79 Å². The van der Waals surface area contributed by atoms with Crippen LogP contribution in [0.2, 0.25) is 5.02 Å². The number of carboxylic acid groups (broad SMARTS) is 1. The van der Waals surface area contributed by atoms with E-state index in [0.29, 0.717) is 17.5 Å². The summed E-state index contributed by atoms with van der Waals surface area (Å²) in [6.07, 6.45) is 5.30. The van der Waals surface area contributed by atoms with Crippen molar-refractivity contribution >= 4 is 17.6 Å². The molecule has 0 aliphatic heterocycles. The van der Waals surface area contributed by atoms with E-state index in [0.717, 1.165) is 24.9 Å². The van der Waals surface area contributed by atoms with Gasteiger partial charge in [-0.3, -0.25) is 9.78 Å². The van der Waals surface area contributed by atoms with Gasteiger partial charge in [-0.1, -0.05) is 18.5 Å². The van der Waals surface area contributed by atoms with Gasteiger partial charge < -0.3 is 10.4 Å². The van der Waals surface area contributed by atoms with Crippen LogP contribution in [0.3, 0.4) is 0 Å². The van der Waals surface area contributed by atoms with Gasteiger partial charge in [0, 0.05) is 25.4 Å². The number of carboxylic acids is 1. The first-order chi connectivity index (χ1) is 8.59. The molecule has 0 bridgehead atoms. The van der Waals surface area contributed by atoms with Crippen LogP contribution >= 0.6 is 11.6 Å². The van der Waals surface area contributed by atoms with Crippen molar-refractivity contribution in [1.29, 1.82) is 0 Å². The second kappa shape index (κ2) is 8.06. The van der Waals surface area contributed by atoms with Gasteiger partial charge in [0.15, 0.2) is 0 Å². The Balaban J connectivity index is 2.15. The summed E-state index contributed by atoms with van der Waals surface area (Å²) in [6.45, 7) is 3.65. The van der Waals surface area contributed by atoms with Crippen LogP contribution in [-0.4, -0.2) is 22.6 Å². The number of pyridine rings is 1. The summed E-state index contributed by atoms with van der Waals surface area (Å²) in [5.74, 6) is -0.306. The minimum atomic E-state index is -0.724. The van der Waals surface area contributed by atoms with Gasteiger partial charge in [-0.2, -0.15) is 0 Å². The number of aliphatic carboxylic acids is 1. The molecule has 1 atom stereocenters. The lowest BCUT2D eigenvalue weighted by atomic mass is 10.0. The van der Waals surface area contributed by atoms with Crippen LogP contribution in [0.5, 0.6) is 0 Å². The minimum absolute atomic E-state index is 0.247. The molecule has 0 spiro atoms. The zero-order chi connectivity index (χ0) is 13.4. The number of hydrogen-bond acceptors (Lipinski definition) is 3. The van der Waals surface area contributed by atoms with Crippen molar-refractivity contribution in [1.82, 2.24) is 10.3 Å². The number of rotatable bonds is 8. The molecule has 0 amide bonds. The largest absolute Gasteiger partial charge is 0.481 e. The summed E-state index contributed by atoms with van der Waals surface area (Å²) < 4.78 is 0. The Morgan fingerprint density at radius 2 is 2.33 bits per heavy atom. The Bertz CT molecular complexity index is 385. The fourth-order valence-electron chi connectivity index (χ4n) is 1.63. The number of nitrogens with zero attached hydrogens (tertiary/aromatic N) is 1. The lowest BCUT2D eigenvalue weighted by Crippen LogP contribution is -2.17. The smallest absolute Gasteiger partial charge is 0.303 e. The van der Waals surface area contributed by atoms with Crippen molar-refractivity contribution in [3.8, 4) is 0 Å². The summed E-state index contributed by atoms with van der Waals surface area (Å²) in [6, 6.07) is 1.89. The van der Waals surface area contributed by atoms with Crippen LogP contribution in [0, 0.1) is 5.92 Å². The standard InChI is InChI=1S/C13H19ClN2O2/c1-10(2-3-13(17)18)4-6-15-8-11-5-7-16-9-12(11)14/h5,7,9-10,15H,2-4,6,8H2,1H3,(H,17,18). The molecule has 5 heteroatoms. The Kier molecular flexibility index (Phi) is 6.68. The van der Waals surface area contributed by atoms with Crippen molar-refractivity contribution in [3.05, 3.63) is 29.0 Å². The number of nitrogens with one attached hydrogen (secondary N) is 1. The molecular formula is C13H19ClN2O2. The van der Waals surface area contributed by atoms with E-state index < -0.39 is 5.97 Å². The summed E-state index contributed by atoms with van der Waals surface area (Å²) >= 11 is 5.98. The highest BCUT2D eigenvalue weighted by Crippen LogP contribution is 2.13. The monoisotopic (exact) mass is 270 g/mol. The summed E-state index contributed by atoms with van der Waals surface area (Å²) in [7, 11) is 0. The maximum Gasteiger partial charge on any atom is 0.303 e. The second-order valence-corrected chi connectivity index (χ2v) is 4.88. The normalized spacial score (nSPS) is 12.3. The van der Waals surface area contributed by atoms with E-state index in [-0.39, 0.29) is 6.42 Å². The van der Waals surface area contributed by atoms with Crippen LogP contribution in [0.4, 0.5) is 0 Å². The molecular weight excluding hydrogens is 252 g/mol. The average molecular weight is 271 g/mol. The quantitative estimate of drug-likeness (QED) is 0.713. The molecule has 4 nitrogen and oxygen atoms in total. The first-order valence-electron chi connectivity index (χ1n) is 6.10. The molecule has 1 aromatic heterocycles. The maximum absolute atomic E-state index is 10.4. The summed E-state index contributed by atoms with van der Waals surface area (Å²) in [5, 5.41) is 12.5. The molecule has 0 saturated carbocycles. The van der Waals surface area contributed by atoms with Crippen molar-refractivity contribution in [3.63, 3.8) is 0 Å². The molecule has 100 valence electrons. The predicted molar refractivity (Wildman–Crippen MR) is 71.6 cm³/mol. The van der Waals surface area contributed by atoms with Gasteiger partial charge in [0.05, 0.1) is 5.02 Å². The van der Waals surface area contributed by atoms with Crippen molar-refractivity contribution in [2.45, 2.75) is 32.7 Å². The third kappa shape index (κ3) is 5.98. The van der Waals surface area contributed by atoms with E-state index >= 15 is 0 Å². The molecule has 1 rings (SSSR count). The van der Waals surface area contributed by atoms with Crippen LogP contribution < -0.4 is 5.32 Å². The summed E-state index contributed by atoms with van der Waals surface area (Å²) in [4.78, 5) is 14.3. The van der Waals surface area contributed by atoms with E-state index in [1.165, 1.54) is 0 Å². The Hall–Kier alpha value is -1.13. The number of hydrogen-bond donors (Lipinski definition) is 2. The van der Waals surface area contributed by atoms with E-state index in [1.54, 1.807) is 12.4 Å². The lowest BCUT2D eigenvalue weighted by Gasteiger charge is -2.11. The van der Waals surface area contributed by atoms with Gasteiger partial charge in [-0.05, 0) is 36.9 Å². The summed E-state index contributed by atoms with van der Waals surface area (Å²) in [5.41, 5.74) is 1.03. The molecule has 0 saturated heterocycles. The van der Waals surface area contributed by atoms with Crippen LogP contribution in [0.25, 0.3) is 0 Å². The molecule has 0 radical (unpaired) electrons. The highest BCUT2D eigenvalue weighted by molar-refractivity contribution is 6.31. The third-order valence-corrected chi connectivity index (χ3v) is 3.18. The van der Waals surface area contributed by atoms with Gasteiger partial charge in [0.2, 0.25) is 0 Å². The number of carbonyl (C=O) groups is 1. The van der Waals surface area contributed by atoms with E-state index in [1.807, 2.05) is 6.07 Å². The molecule has 0 aromatic carbocycles. The molecule has 0 aliphatic rings. The molecule has 1 unspecified atom stereocenters. The number of aromatic nitrogens is 1. The zero-order valence-corrected chi connectivity index (χ0v) is 11.3. The Morgan fingerprint density at radius 1 is 1.56 bits per heavy atom. The fraction of sp³-hybridized carbons (Fsp3) is 0.538. The first-order valence-corrected chi connectivity index (χ1v) is 6.48. The SMILES string of the molecule is CC(CCNCc1ccncc1Cl)CCC(=O)O. The van der Waals surface area contributed by atoms with Crippen molar-refractivity contribution in [2.24, 2.45) is 5.92 Å². The highest BCUT2D eigenvalue weighted by Gasteiger charge is 2.05. The second-order valence-electron chi connectivity index (χ2n) is 4.47. The molecule has 1 aromatic rings. The molecule has 1 heterocycles. The molecule has 18 heavy (non-hydrogen) atoms. The van der Waals surface area contributed by atoms with E-state index in [2.05, 4.69) is 17.2 Å². The van der Waals surface area contributed by atoms with Gasteiger partial charge in [0.1, 0.15) is 0 Å². The van der Waals surface area contributed by atoms with Gasteiger partial charge >= 0.3 is 5.97 Å². The van der Waals surface area contributed by atoms with Gasteiger partial charge in [0.25, 0.3) is 0 Å². The molecule has 2 N–H and O–H groups in total. The number of halogens is 1. The fourth-order valence-corrected chi connectivity index (χ4v) is 1.82. The molecule has 0 aliphatic carbocycles. The van der Waals surface area contributed by atoms with Gasteiger partial charge in [-0.25, -0.2) is 0 Å². The van der Waals surface area contributed by atoms with Crippen LogP contribution in [0.15, 0.2) is 18.5 Å². The topological polar surface area (TPSA) is 62.2 Å². The van der Waals surface area contributed by atoms with Crippen molar-refractivity contribution in [2.75, 3.05) is 6.54 Å².